The Bertz CT molecular complexity index is 790. The molecule has 6 atom stereocenters. The highest BCUT2D eigenvalue weighted by atomic mass is 32.1. The Labute approximate surface area is 190 Å². The van der Waals surface area contributed by atoms with Gasteiger partial charge in [-0.15, -0.1) is 11.3 Å². The van der Waals surface area contributed by atoms with Crippen LogP contribution in [0.25, 0.3) is 0 Å². The third-order valence-corrected chi connectivity index (χ3v) is 8.33. The zero-order chi connectivity index (χ0) is 22.2. The molecule has 7 heteroatoms. The maximum absolute atomic E-state index is 11.7. The molecule has 2 heterocycles. The van der Waals surface area contributed by atoms with Gasteiger partial charge in [0.1, 0.15) is 6.10 Å². The Kier molecular flexibility index (Phi) is 6.75. The minimum atomic E-state index is -1.04. The maximum atomic E-state index is 11.7. The minimum absolute atomic E-state index is 0.0228. The number of aromatic nitrogens is 1. The number of carbonyl (C=O) groups is 1. The Balaban J connectivity index is 1.42. The van der Waals surface area contributed by atoms with Crippen molar-refractivity contribution in [3.8, 4) is 0 Å². The molecule has 3 aliphatic rings. The fourth-order valence-electron chi connectivity index (χ4n) is 5.64. The van der Waals surface area contributed by atoms with Gasteiger partial charge in [-0.05, 0) is 43.1 Å². The van der Waals surface area contributed by atoms with Crippen LogP contribution in [0.3, 0.4) is 0 Å². The second-order valence-electron chi connectivity index (χ2n) is 9.62. The van der Waals surface area contributed by atoms with Crippen LogP contribution in [0.15, 0.2) is 23.2 Å². The zero-order valence-electron chi connectivity index (χ0n) is 19.1. The van der Waals surface area contributed by atoms with Crippen LogP contribution in [0.2, 0.25) is 0 Å². The number of aliphatic hydroxyl groups is 1. The van der Waals surface area contributed by atoms with Gasteiger partial charge in [0.2, 0.25) is 0 Å². The highest BCUT2D eigenvalue weighted by molar-refractivity contribution is 7.13. The Hall–Kier alpha value is -1.44. The second kappa shape index (κ2) is 9.20. The van der Waals surface area contributed by atoms with Crippen LogP contribution in [-0.2, 0) is 9.53 Å². The van der Waals surface area contributed by atoms with Crippen LogP contribution in [0.1, 0.15) is 40.5 Å². The monoisotopic (exact) mass is 445 g/mol. The van der Waals surface area contributed by atoms with Gasteiger partial charge < -0.3 is 14.7 Å². The Morgan fingerprint density at radius 3 is 2.77 bits per heavy atom. The molecule has 2 fully saturated rings. The molecule has 2 aliphatic carbocycles. The molecule has 0 bridgehead atoms. The Morgan fingerprint density at radius 2 is 2.13 bits per heavy atom. The van der Waals surface area contributed by atoms with Crippen molar-refractivity contribution in [3.63, 3.8) is 0 Å². The van der Waals surface area contributed by atoms with E-state index in [9.17, 15) is 9.90 Å². The van der Waals surface area contributed by atoms with Gasteiger partial charge in [-0.3, -0.25) is 9.69 Å². The number of hydrogen-bond donors (Lipinski definition) is 1. The molecule has 2 radical (unpaired) electrons. The number of thiazole rings is 1. The first-order valence-electron chi connectivity index (χ1n) is 11.5. The van der Waals surface area contributed by atoms with E-state index in [4.69, 9.17) is 4.74 Å². The van der Waals surface area contributed by atoms with E-state index in [1.54, 1.807) is 11.3 Å². The molecular weight excluding hydrogens is 410 g/mol. The summed E-state index contributed by atoms with van der Waals surface area (Å²) in [4.78, 5) is 20.9. The van der Waals surface area contributed by atoms with Crippen LogP contribution < -0.4 is 4.90 Å². The first kappa shape index (κ1) is 22.7. The predicted molar refractivity (Wildman–Crippen MR) is 123 cm³/mol. The molecule has 1 saturated heterocycles. The van der Waals surface area contributed by atoms with Crippen LogP contribution >= 0.6 is 11.3 Å². The average Bonchev–Trinajstić information content (AvgIpc) is 3.25. The van der Waals surface area contributed by atoms with Gasteiger partial charge in [-0.1, -0.05) is 19.9 Å². The molecule has 31 heavy (non-hydrogen) atoms. The molecule has 1 aromatic heterocycles. The van der Waals surface area contributed by atoms with Gasteiger partial charge in [0.05, 0.1) is 12.0 Å². The highest BCUT2D eigenvalue weighted by Crippen LogP contribution is 2.50. The topological polar surface area (TPSA) is 65.9 Å². The maximum Gasteiger partial charge on any atom is 0.303 e. The van der Waals surface area contributed by atoms with Crippen molar-refractivity contribution in [1.82, 2.24) is 9.88 Å². The van der Waals surface area contributed by atoms with Crippen LogP contribution in [-0.4, -0.2) is 65.4 Å². The average molecular weight is 446 g/mol. The smallest absolute Gasteiger partial charge is 0.303 e. The standard InChI is InChI=1S/C24H35N3O3S/c1-16-13-21-20(6-5-18(3)24(21,29)14-22(16)30-19(4)28)17(2)15-26-8-10-27(11-9-26)23-25-7-12-31-23/h7,12-13,17-18,20-22,29H,5-6,8-11,15H2,1-4H3/t17-,18-,20+,21-,22-,24-/m1/s1. The van der Waals surface area contributed by atoms with Gasteiger partial charge in [-0.25, -0.2) is 4.98 Å². The van der Waals surface area contributed by atoms with Crippen molar-refractivity contribution in [1.29, 1.82) is 0 Å². The van der Waals surface area contributed by atoms with Gasteiger partial charge in [0, 0.05) is 57.1 Å². The first-order valence-corrected chi connectivity index (χ1v) is 12.4. The van der Waals surface area contributed by atoms with Crippen molar-refractivity contribution < 1.29 is 14.6 Å². The van der Waals surface area contributed by atoms with Crippen LogP contribution in [0, 0.1) is 30.1 Å². The molecule has 1 N–H and O–H groups in total. The van der Waals surface area contributed by atoms with E-state index in [1.807, 2.05) is 18.5 Å². The van der Waals surface area contributed by atoms with Crippen LogP contribution in [0.5, 0.6) is 0 Å². The van der Waals surface area contributed by atoms with E-state index < -0.39 is 11.7 Å². The summed E-state index contributed by atoms with van der Waals surface area (Å²) in [6.45, 7) is 13.0. The van der Waals surface area contributed by atoms with Gasteiger partial charge >= 0.3 is 5.97 Å². The summed E-state index contributed by atoms with van der Waals surface area (Å²) in [6, 6.07) is 0. The van der Waals surface area contributed by atoms with Gasteiger partial charge in [0.15, 0.2) is 5.13 Å². The first-order chi connectivity index (χ1) is 14.8. The minimum Gasteiger partial charge on any atom is -0.457 e. The number of esters is 1. The quantitative estimate of drug-likeness (QED) is 0.554. The van der Waals surface area contributed by atoms with Crippen molar-refractivity contribution in [3.05, 3.63) is 29.6 Å². The highest BCUT2D eigenvalue weighted by Gasteiger charge is 2.53. The molecule has 4 rings (SSSR count). The lowest BCUT2D eigenvalue weighted by Gasteiger charge is -2.53. The fourth-order valence-corrected chi connectivity index (χ4v) is 6.34. The molecule has 0 amide bonds. The number of piperazine rings is 1. The molecule has 1 aliphatic heterocycles. The number of nitrogens with zero attached hydrogens (tertiary/aromatic N) is 3. The molecule has 0 aromatic carbocycles. The molecule has 0 unspecified atom stereocenters. The van der Waals surface area contributed by atoms with Crippen molar-refractivity contribution in [2.24, 2.45) is 23.7 Å². The normalized spacial score (nSPS) is 35.3. The van der Waals surface area contributed by atoms with Crippen molar-refractivity contribution in [2.75, 3.05) is 37.6 Å². The van der Waals surface area contributed by atoms with E-state index in [2.05, 4.69) is 41.1 Å². The summed E-state index contributed by atoms with van der Waals surface area (Å²) in [5.41, 5.74) is -0.0615. The van der Waals surface area contributed by atoms with E-state index in [1.165, 1.54) is 6.92 Å². The predicted octanol–water partition coefficient (Wildman–Crippen LogP) is 3.27. The number of hydrogen-bond acceptors (Lipinski definition) is 7. The number of carbonyl (C=O) groups excluding carboxylic acids is 1. The lowest BCUT2D eigenvalue weighted by atomic mass is 9.57. The van der Waals surface area contributed by atoms with E-state index in [-0.39, 0.29) is 17.8 Å². The van der Waals surface area contributed by atoms with Gasteiger partial charge in [-0.2, -0.15) is 0 Å². The second-order valence-corrected chi connectivity index (χ2v) is 10.5. The number of anilines is 1. The molecule has 1 aromatic rings. The molecule has 6 nitrogen and oxygen atoms in total. The lowest BCUT2D eigenvalue weighted by molar-refractivity contribution is -0.148. The van der Waals surface area contributed by atoms with Crippen molar-refractivity contribution in [2.45, 2.75) is 52.2 Å². The number of fused-ring (bicyclic) bond motifs is 1. The largest absolute Gasteiger partial charge is 0.457 e. The van der Waals surface area contributed by atoms with E-state index in [0.717, 1.165) is 56.3 Å². The summed E-state index contributed by atoms with van der Waals surface area (Å²) < 4.78 is 5.43. The molecule has 0 spiro atoms. The zero-order valence-corrected chi connectivity index (χ0v) is 19.9. The molecule has 1 saturated carbocycles. The molecular formula is C24H35N3O3S. The fraction of sp³-hybridized carbons (Fsp3) is 0.708. The number of rotatable bonds is 5. The third-order valence-electron chi connectivity index (χ3n) is 7.50. The summed E-state index contributed by atoms with van der Waals surface area (Å²) in [5, 5.41) is 14.8. The van der Waals surface area contributed by atoms with E-state index in [0.29, 0.717) is 11.8 Å². The Morgan fingerprint density at radius 1 is 1.39 bits per heavy atom. The van der Waals surface area contributed by atoms with Crippen LogP contribution in [0.4, 0.5) is 5.13 Å². The lowest BCUT2D eigenvalue weighted by Crippen LogP contribution is -2.57. The summed E-state index contributed by atoms with van der Waals surface area (Å²) in [5.74, 6) is 0.642. The summed E-state index contributed by atoms with van der Waals surface area (Å²) in [7, 11) is 0. The number of ether oxygens (including phenoxy) is 1. The van der Waals surface area contributed by atoms with Gasteiger partial charge in [0.25, 0.3) is 0 Å². The van der Waals surface area contributed by atoms with Crippen molar-refractivity contribution >= 4 is 22.4 Å². The van der Waals surface area contributed by atoms with E-state index >= 15 is 0 Å². The molecule has 170 valence electrons. The SMILES string of the molecule is CC(=O)O[C@@H]1[C][C@@]2(O)[C@H](C)CC[C@@H]([C@H](C)CN3CCN(c4nccs4)CC3)[C@H]2C=C1C. The summed E-state index contributed by atoms with van der Waals surface area (Å²) >= 11 is 1.71. The summed E-state index contributed by atoms with van der Waals surface area (Å²) in [6.07, 6.45) is 8.86. The third kappa shape index (κ3) is 4.69.